The van der Waals surface area contributed by atoms with Crippen LogP contribution < -0.4 is 0 Å². The van der Waals surface area contributed by atoms with Gasteiger partial charge in [-0.15, -0.1) is 0 Å². The molecule has 90 valence electrons. The summed E-state index contributed by atoms with van der Waals surface area (Å²) in [5.74, 6) is -1.24. The van der Waals surface area contributed by atoms with Crippen LogP contribution in [0.4, 0.5) is 13.2 Å². The minimum Gasteiger partial charge on any atom is -0.459 e. The number of halogens is 5. The third-order valence-corrected chi connectivity index (χ3v) is 5.39. The first kappa shape index (κ1) is 15.7. The van der Waals surface area contributed by atoms with Gasteiger partial charge >= 0.3 is 12.1 Å². The Labute approximate surface area is 114 Å². The third kappa shape index (κ3) is 4.23. The maximum Gasteiger partial charge on any atom is 0.414 e. The van der Waals surface area contributed by atoms with E-state index in [1.54, 1.807) is 0 Å². The van der Waals surface area contributed by atoms with Crippen molar-refractivity contribution in [2.75, 3.05) is 4.43 Å². The first-order valence-electron chi connectivity index (χ1n) is 3.99. The van der Waals surface area contributed by atoms with Gasteiger partial charge in [0.25, 0.3) is 0 Å². The molecule has 0 radical (unpaired) electrons. The van der Waals surface area contributed by atoms with E-state index in [1.807, 2.05) is 0 Å². The van der Waals surface area contributed by atoms with E-state index in [4.69, 9.17) is 4.74 Å². The molecule has 0 amide bonds. The van der Waals surface area contributed by atoms with Crippen LogP contribution in [0.25, 0.3) is 0 Å². The van der Waals surface area contributed by atoms with Gasteiger partial charge in [-0.1, -0.05) is 45.2 Å². The maximum absolute atomic E-state index is 12.6. The average Bonchev–Trinajstić information content (AvgIpc) is 1.97. The van der Waals surface area contributed by atoms with Crippen molar-refractivity contribution >= 4 is 51.2 Å². The summed E-state index contributed by atoms with van der Waals surface area (Å²) in [4.78, 5) is 11.4. The van der Waals surface area contributed by atoms with Crippen molar-refractivity contribution in [3.8, 4) is 0 Å². The first-order chi connectivity index (χ1) is 6.44. The van der Waals surface area contributed by atoms with E-state index in [0.29, 0.717) is 0 Å². The fourth-order valence-corrected chi connectivity index (χ4v) is 1.46. The summed E-state index contributed by atoms with van der Waals surface area (Å²) in [6, 6.07) is 0. The predicted molar refractivity (Wildman–Crippen MR) is 67.5 cm³/mol. The van der Waals surface area contributed by atoms with E-state index in [-0.39, 0.29) is 4.43 Å². The number of rotatable bonds is 2. The smallest absolute Gasteiger partial charge is 0.414 e. The Bertz CT molecular complexity index is 247. The van der Waals surface area contributed by atoms with Gasteiger partial charge in [0.15, 0.2) is 0 Å². The zero-order valence-corrected chi connectivity index (χ0v) is 12.7. The molecule has 0 rings (SSSR count). The molecule has 0 saturated heterocycles. The van der Waals surface area contributed by atoms with Crippen molar-refractivity contribution in [2.45, 2.75) is 36.0 Å². The highest BCUT2D eigenvalue weighted by Gasteiger charge is 2.59. The molecular formula is C8H11F3I2O2. The number of esters is 1. The van der Waals surface area contributed by atoms with E-state index in [2.05, 4.69) is 0 Å². The van der Waals surface area contributed by atoms with Crippen molar-refractivity contribution in [2.24, 2.45) is 0 Å². The summed E-state index contributed by atoms with van der Waals surface area (Å²) in [6.07, 6.45) is -4.60. The van der Waals surface area contributed by atoms with Gasteiger partial charge in [-0.3, -0.25) is 4.79 Å². The Hall–Kier alpha value is 0.720. The molecule has 0 heterocycles. The Kier molecular flexibility index (Phi) is 5.16. The quantitative estimate of drug-likeness (QED) is 0.366. The van der Waals surface area contributed by atoms with Gasteiger partial charge in [0.1, 0.15) is 5.60 Å². The number of hydrogen-bond donors (Lipinski definition) is 0. The molecule has 0 bridgehead atoms. The van der Waals surface area contributed by atoms with Crippen LogP contribution >= 0.6 is 45.2 Å². The van der Waals surface area contributed by atoms with Gasteiger partial charge in [-0.25, -0.2) is 0 Å². The standard InChI is InChI=1S/C8H11F3I2O2/c1-6(2,3)15-5(14)7(13,4-12)8(9,10)11/h4H2,1-3H3. The van der Waals surface area contributed by atoms with Crippen LogP contribution in [0, 0.1) is 0 Å². The Morgan fingerprint density at radius 1 is 1.27 bits per heavy atom. The Morgan fingerprint density at radius 2 is 1.67 bits per heavy atom. The van der Waals surface area contributed by atoms with Crippen molar-refractivity contribution in [1.82, 2.24) is 0 Å². The van der Waals surface area contributed by atoms with Crippen LogP contribution in [0.2, 0.25) is 0 Å². The lowest BCUT2D eigenvalue weighted by Crippen LogP contribution is -2.50. The second kappa shape index (κ2) is 4.92. The molecule has 15 heavy (non-hydrogen) atoms. The fraction of sp³-hybridized carbons (Fsp3) is 0.875. The van der Waals surface area contributed by atoms with Crippen LogP contribution in [0.5, 0.6) is 0 Å². The number of hydrogen-bond acceptors (Lipinski definition) is 2. The molecule has 0 aliphatic carbocycles. The Morgan fingerprint density at radius 3 is 1.87 bits per heavy atom. The number of ether oxygens (including phenoxy) is 1. The molecule has 0 aliphatic heterocycles. The molecule has 0 aromatic rings. The Balaban J connectivity index is 4.92. The van der Waals surface area contributed by atoms with Crippen LogP contribution in [-0.4, -0.2) is 25.6 Å². The molecule has 0 saturated carbocycles. The molecule has 1 unspecified atom stereocenters. The summed E-state index contributed by atoms with van der Waals surface area (Å²) >= 11 is 2.63. The van der Waals surface area contributed by atoms with Crippen LogP contribution in [0.3, 0.4) is 0 Å². The highest BCUT2D eigenvalue weighted by Crippen LogP contribution is 2.41. The van der Waals surface area contributed by atoms with E-state index in [9.17, 15) is 18.0 Å². The molecule has 1 atom stereocenters. The topological polar surface area (TPSA) is 26.3 Å². The summed E-state index contributed by atoms with van der Waals surface area (Å²) < 4.78 is 39.8. The van der Waals surface area contributed by atoms with E-state index >= 15 is 0 Å². The van der Waals surface area contributed by atoms with Crippen molar-refractivity contribution in [3.63, 3.8) is 0 Å². The maximum atomic E-state index is 12.6. The molecule has 2 nitrogen and oxygen atoms in total. The number of carbonyl (C=O) groups excluding carboxylic acids is 1. The third-order valence-electron chi connectivity index (χ3n) is 1.36. The predicted octanol–water partition coefficient (Wildman–Crippen LogP) is 3.50. The molecule has 0 aromatic heterocycles. The van der Waals surface area contributed by atoms with Crippen molar-refractivity contribution in [3.05, 3.63) is 0 Å². The number of alkyl halides is 5. The minimum absolute atomic E-state index is 0.371. The fourth-order valence-electron chi connectivity index (χ4n) is 0.605. The van der Waals surface area contributed by atoms with Crippen molar-refractivity contribution < 1.29 is 22.7 Å². The highest BCUT2D eigenvalue weighted by atomic mass is 127. The summed E-state index contributed by atoms with van der Waals surface area (Å²) in [7, 11) is 0. The normalized spacial score (nSPS) is 17.1. The molecular weight excluding hydrogens is 439 g/mol. The van der Waals surface area contributed by atoms with E-state index in [1.165, 1.54) is 43.4 Å². The molecule has 0 aromatic carbocycles. The average molecular weight is 450 g/mol. The second-order valence-corrected chi connectivity index (χ2v) is 6.54. The van der Waals surface area contributed by atoms with Gasteiger partial charge in [-0.2, -0.15) is 13.2 Å². The van der Waals surface area contributed by atoms with Gasteiger partial charge in [0.05, 0.1) is 0 Å². The molecule has 0 fully saturated rings. The molecule has 7 heteroatoms. The largest absolute Gasteiger partial charge is 0.459 e. The number of carbonyl (C=O) groups is 1. The van der Waals surface area contributed by atoms with E-state index in [0.717, 1.165) is 22.6 Å². The lowest BCUT2D eigenvalue weighted by Gasteiger charge is -2.30. The van der Waals surface area contributed by atoms with Crippen molar-refractivity contribution in [1.29, 1.82) is 0 Å². The van der Waals surface area contributed by atoms with E-state index < -0.39 is 21.2 Å². The summed E-state index contributed by atoms with van der Waals surface area (Å²) in [5.41, 5.74) is -0.912. The SMILES string of the molecule is CC(C)(C)OC(=O)C(I)(CI)C(F)(F)F. The molecule has 0 aliphatic rings. The van der Waals surface area contributed by atoms with Crippen LogP contribution in [-0.2, 0) is 9.53 Å². The van der Waals surface area contributed by atoms with Gasteiger partial charge in [0, 0.05) is 4.43 Å². The summed E-state index contributed by atoms with van der Waals surface area (Å²) in [5, 5.41) is 0. The zero-order chi connectivity index (χ0) is 12.5. The molecule has 0 spiro atoms. The monoisotopic (exact) mass is 450 g/mol. The van der Waals surface area contributed by atoms with Gasteiger partial charge < -0.3 is 4.74 Å². The minimum atomic E-state index is -4.60. The summed E-state index contributed by atoms with van der Waals surface area (Å²) in [6.45, 7) is 4.60. The van der Waals surface area contributed by atoms with Crippen LogP contribution in [0.1, 0.15) is 20.8 Å². The van der Waals surface area contributed by atoms with Crippen LogP contribution in [0.15, 0.2) is 0 Å². The lowest BCUT2D eigenvalue weighted by atomic mass is 10.1. The highest BCUT2D eigenvalue weighted by molar-refractivity contribution is 14.1. The second-order valence-electron chi connectivity index (χ2n) is 3.93. The van der Waals surface area contributed by atoms with Gasteiger partial charge in [0.2, 0.25) is 3.42 Å². The first-order valence-corrected chi connectivity index (χ1v) is 6.59. The van der Waals surface area contributed by atoms with Gasteiger partial charge in [-0.05, 0) is 20.8 Å². The molecule has 0 N–H and O–H groups in total. The lowest BCUT2D eigenvalue weighted by molar-refractivity contribution is -0.187. The zero-order valence-electron chi connectivity index (χ0n) is 8.41.